The fourth-order valence-electron chi connectivity index (χ4n) is 0.611. The third-order valence-corrected chi connectivity index (χ3v) is 1.04. The molecule has 0 atom stereocenters. The van der Waals surface area contributed by atoms with Crippen LogP contribution < -0.4 is 4.65 Å². The van der Waals surface area contributed by atoms with E-state index in [1.807, 2.05) is 0 Å². The lowest BCUT2D eigenvalue weighted by molar-refractivity contribution is 0.272. The molecule has 0 aliphatic rings. The molecular formula is C5H4BF2NO3. The molecule has 1 heterocycles. The van der Waals surface area contributed by atoms with E-state index < -0.39 is 24.8 Å². The smallest absolute Gasteiger partial charge is 0.506 e. The first-order chi connectivity index (χ1) is 5.61. The molecule has 0 aromatic carbocycles. The van der Waals surface area contributed by atoms with Gasteiger partial charge < -0.3 is 14.7 Å². The van der Waals surface area contributed by atoms with Crippen LogP contribution in [0.15, 0.2) is 12.3 Å². The van der Waals surface area contributed by atoms with Crippen LogP contribution in [0.2, 0.25) is 0 Å². The number of pyridine rings is 1. The van der Waals surface area contributed by atoms with Gasteiger partial charge in [0, 0.05) is 6.20 Å². The molecule has 2 N–H and O–H groups in total. The molecule has 12 heavy (non-hydrogen) atoms. The Hall–Kier alpha value is -1.21. The van der Waals surface area contributed by atoms with Crippen molar-refractivity contribution in [3.05, 3.63) is 24.0 Å². The van der Waals surface area contributed by atoms with Gasteiger partial charge in [0.1, 0.15) is 0 Å². The number of hydrogen-bond donors (Lipinski definition) is 2. The Morgan fingerprint density at radius 3 is 2.58 bits per heavy atom. The van der Waals surface area contributed by atoms with Gasteiger partial charge in [-0.2, -0.15) is 4.39 Å². The van der Waals surface area contributed by atoms with Crippen molar-refractivity contribution in [2.45, 2.75) is 0 Å². The van der Waals surface area contributed by atoms with Crippen molar-refractivity contribution >= 4 is 7.32 Å². The van der Waals surface area contributed by atoms with E-state index in [1.54, 1.807) is 0 Å². The summed E-state index contributed by atoms with van der Waals surface area (Å²) in [5.74, 6) is -3.19. The molecule has 0 saturated heterocycles. The number of nitrogens with zero attached hydrogens (tertiary/aromatic N) is 1. The van der Waals surface area contributed by atoms with Crippen LogP contribution in [-0.4, -0.2) is 22.4 Å². The van der Waals surface area contributed by atoms with E-state index in [1.165, 1.54) is 0 Å². The van der Waals surface area contributed by atoms with Gasteiger partial charge in [-0.3, -0.25) is 0 Å². The third-order valence-electron chi connectivity index (χ3n) is 1.04. The monoisotopic (exact) mass is 175 g/mol. The van der Waals surface area contributed by atoms with E-state index >= 15 is 0 Å². The van der Waals surface area contributed by atoms with Crippen molar-refractivity contribution in [2.75, 3.05) is 0 Å². The number of aromatic nitrogens is 1. The van der Waals surface area contributed by atoms with Crippen LogP contribution in [0.4, 0.5) is 8.78 Å². The average Bonchev–Trinajstić information content (AvgIpc) is 1.97. The molecule has 0 amide bonds. The predicted octanol–water partition coefficient (Wildman–Crippen LogP) is -0.292. The molecule has 0 bridgehead atoms. The fourth-order valence-corrected chi connectivity index (χ4v) is 0.611. The highest BCUT2D eigenvalue weighted by molar-refractivity contribution is 6.33. The van der Waals surface area contributed by atoms with Gasteiger partial charge >= 0.3 is 7.32 Å². The van der Waals surface area contributed by atoms with Gasteiger partial charge in [0.25, 0.3) is 5.95 Å². The highest BCUT2D eigenvalue weighted by atomic mass is 19.1. The van der Waals surface area contributed by atoms with Crippen LogP contribution in [0, 0.1) is 11.8 Å². The maximum Gasteiger partial charge on any atom is 0.707 e. The Balaban J connectivity index is 2.96. The first kappa shape index (κ1) is 8.89. The molecule has 0 fully saturated rings. The molecule has 0 unspecified atom stereocenters. The van der Waals surface area contributed by atoms with Crippen molar-refractivity contribution in [3.8, 4) is 5.75 Å². The molecule has 1 aromatic rings. The van der Waals surface area contributed by atoms with Crippen molar-refractivity contribution in [1.82, 2.24) is 4.98 Å². The van der Waals surface area contributed by atoms with Crippen LogP contribution >= 0.6 is 0 Å². The van der Waals surface area contributed by atoms with Crippen LogP contribution in [0.1, 0.15) is 0 Å². The predicted molar refractivity (Wildman–Crippen MR) is 35.0 cm³/mol. The quantitative estimate of drug-likeness (QED) is 0.478. The summed E-state index contributed by atoms with van der Waals surface area (Å²) in [4.78, 5) is 3.04. The summed E-state index contributed by atoms with van der Waals surface area (Å²) in [6, 6.07) is 0.834. The van der Waals surface area contributed by atoms with E-state index in [4.69, 9.17) is 10.0 Å². The Morgan fingerprint density at radius 2 is 2.08 bits per heavy atom. The zero-order chi connectivity index (χ0) is 9.14. The molecule has 64 valence electrons. The van der Waals surface area contributed by atoms with E-state index in [9.17, 15) is 8.78 Å². The Kier molecular flexibility index (Phi) is 2.56. The van der Waals surface area contributed by atoms with Gasteiger partial charge in [-0.1, -0.05) is 0 Å². The summed E-state index contributed by atoms with van der Waals surface area (Å²) < 4.78 is 29.1. The summed E-state index contributed by atoms with van der Waals surface area (Å²) in [6.07, 6.45) is 0.890. The molecule has 1 aromatic heterocycles. The maximum absolute atomic E-state index is 12.6. The van der Waals surface area contributed by atoms with Gasteiger partial charge in [0.15, 0.2) is 11.6 Å². The third kappa shape index (κ3) is 1.89. The SMILES string of the molecule is OB(O)Oc1c(F)ccnc1F. The summed E-state index contributed by atoms with van der Waals surface area (Å²) in [6.45, 7) is 0. The highest BCUT2D eigenvalue weighted by Gasteiger charge is 2.18. The molecule has 0 aliphatic carbocycles. The second-order valence-corrected chi connectivity index (χ2v) is 1.86. The minimum atomic E-state index is -2.27. The zero-order valence-electron chi connectivity index (χ0n) is 5.74. The summed E-state index contributed by atoms with van der Waals surface area (Å²) >= 11 is 0. The maximum atomic E-state index is 12.6. The molecule has 0 aliphatic heterocycles. The molecule has 0 saturated carbocycles. The fraction of sp³-hybridized carbons (Fsp3) is 0. The molecular weight excluding hydrogens is 171 g/mol. The second-order valence-electron chi connectivity index (χ2n) is 1.86. The Labute approximate surface area is 66.6 Å². The van der Waals surface area contributed by atoms with Crippen molar-refractivity contribution in [3.63, 3.8) is 0 Å². The number of halogens is 2. The molecule has 7 heteroatoms. The van der Waals surface area contributed by atoms with Crippen LogP contribution in [0.25, 0.3) is 0 Å². The van der Waals surface area contributed by atoms with E-state index in [0.29, 0.717) is 0 Å². The summed E-state index contributed by atoms with van der Waals surface area (Å²) in [5.41, 5.74) is 0. The van der Waals surface area contributed by atoms with Crippen LogP contribution in [0.3, 0.4) is 0 Å². The standard InChI is InChI=1S/C5H4BF2NO3/c7-3-1-2-9-5(8)4(3)12-6(10)11/h1-2,10-11H. The molecule has 1 rings (SSSR count). The van der Waals surface area contributed by atoms with E-state index in [-0.39, 0.29) is 0 Å². The minimum absolute atomic E-state index is 0.834. The van der Waals surface area contributed by atoms with Gasteiger partial charge in [-0.05, 0) is 6.07 Å². The van der Waals surface area contributed by atoms with Crippen LogP contribution in [0.5, 0.6) is 5.75 Å². The van der Waals surface area contributed by atoms with Gasteiger partial charge in [0.05, 0.1) is 0 Å². The Morgan fingerprint density at radius 1 is 1.42 bits per heavy atom. The lowest BCUT2D eigenvalue weighted by Gasteiger charge is -2.04. The number of hydrogen-bond acceptors (Lipinski definition) is 4. The van der Waals surface area contributed by atoms with Crippen molar-refractivity contribution in [1.29, 1.82) is 0 Å². The molecule has 4 nitrogen and oxygen atoms in total. The van der Waals surface area contributed by atoms with Gasteiger partial charge in [-0.15, -0.1) is 0 Å². The average molecular weight is 175 g/mol. The van der Waals surface area contributed by atoms with Crippen molar-refractivity contribution < 1.29 is 23.5 Å². The molecule has 0 radical (unpaired) electrons. The summed E-state index contributed by atoms with van der Waals surface area (Å²) in [7, 11) is -2.27. The Bertz CT molecular complexity index is 263. The van der Waals surface area contributed by atoms with Crippen molar-refractivity contribution in [2.24, 2.45) is 0 Å². The van der Waals surface area contributed by atoms with Gasteiger partial charge in [0.2, 0.25) is 0 Å². The minimum Gasteiger partial charge on any atom is -0.506 e. The lowest BCUT2D eigenvalue weighted by Crippen LogP contribution is -2.22. The summed E-state index contributed by atoms with van der Waals surface area (Å²) in [5, 5.41) is 16.5. The van der Waals surface area contributed by atoms with Gasteiger partial charge in [-0.25, -0.2) is 9.37 Å². The first-order valence-corrected chi connectivity index (χ1v) is 2.94. The lowest BCUT2D eigenvalue weighted by atomic mass is 10.2. The van der Waals surface area contributed by atoms with E-state index in [2.05, 4.69) is 9.64 Å². The van der Waals surface area contributed by atoms with E-state index in [0.717, 1.165) is 12.3 Å². The molecule has 0 spiro atoms. The van der Waals surface area contributed by atoms with Crippen LogP contribution in [-0.2, 0) is 0 Å². The highest BCUT2D eigenvalue weighted by Crippen LogP contribution is 2.18. The first-order valence-electron chi connectivity index (χ1n) is 2.94. The number of rotatable bonds is 2. The second kappa shape index (κ2) is 3.46. The normalized spacial score (nSPS) is 9.67. The largest absolute Gasteiger partial charge is 0.707 e. The zero-order valence-corrected chi connectivity index (χ0v) is 5.74. The topological polar surface area (TPSA) is 62.6 Å².